The third-order valence-electron chi connectivity index (χ3n) is 4.89. The van der Waals surface area contributed by atoms with E-state index in [0.717, 1.165) is 26.7 Å². The first kappa shape index (κ1) is 20.1. The Morgan fingerprint density at radius 3 is 2.77 bits per heavy atom. The van der Waals surface area contributed by atoms with Gasteiger partial charge in [-0.15, -0.1) is 11.3 Å². The summed E-state index contributed by atoms with van der Waals surface area (Å²) in [7, 11) is 1.59. The average molecular weight is 424 g/mol. The quantitative estimate of drug-likeness (QED) is 0.632. The highest BCUT2D eigenvalue weighted by molar-refractivity contribution is 7.15. The Kier molecular flexibility index (Phi) is 5.55. The molecule has 0 unspecified atom stereocenters. The van der Waals surface area contributed by atoms with Crippen LogP contribution >= 0.6 is 11.3 Å². The number of methoxy groups -OCH3 is 1. The maximum absolute atomic E-state index is 13.2. The summed E-state index contributed by atoms with van der Waals surface area (Å²) in [5.74, 6) is 0.819. The summed E-state index contributed by atoms with van der Waals surface area (Å²) < 4.78 is 24.3. The van der Waals surface area contributed by atoms with Crippen molar-refractivity contribution in [1.29, 1.82) is 0 Å². The number of rotatable bonds is 5. The highest BCUT2D eigenvalue weighted by atomic mass is 32.1. The predicted octanol–water partition coefficient (Wildman–Crippen LogP) is 4.92. The first-order valence-electron chi connectivity index (χ1n) is 9.50. The van der Waals surface area contributed by atoms with Crippen LogP contribution in [0.4, 0.5) is 4.39 Å². The van der Waals surface area contributed by atoms with E-state index in [0.29, 0.717) is 17.1 Å². The molecule has 1 aliphatic rings. The van der Waals surface area contributed by atoms with Crippen LogP contribution in [0, 0.1) is 12.7 Å². The number of nitrogens with zero attached hydrogens (tertiary/aromatic N) is 1. The van der Waals surface area contributed by atoms with Gasteiger partial charge in [-0.3, -0.25) is 4.79 Å². The van der Waals surface area contributed by atoms with Gasteiger partial charge in [0.15, 0.2) is 11.5 Å². The molecule has 0 fully saturated rings. The fourth-order valence-electron chi connectivity index (χ4n) is 3.35. The molecule has 1 atom stereocenters. The fourth-order valence-corrected chi connectivity index (χ4v) is 4.43. The maximum atomic E-state index is 13.2. The van der Waals surface area contributed by atoms with Gasteiger partial charge >= 0.3 is 0 Å². The molecule has 2 aromatic carbocycles. The van der Waals surface area contributed by atoms with Crippen molar-refractivity contribution in [3.05, 3.63) is 70.0 Å². The van der Waals surface area contributed by atoms with E-state index in [1.165, 1.54) is 23.5 Å². The molecule has 3 aromatic rings. The third kappa shape index (κ3) is 3.93. The molecule has 0 radical (unpaired) electrons. The van der Waals surface area contributed by atoms with Crippen LogP contribution in [0.3, 0.4) is 0 Å². The second-order valence-corrected chi connectivity index (χ2v) is 8.04. The summed E-state index contributed by atoms with van der Waals surface area (Å²) >= 11 is 1.49. The van der Waals surface area contributed by atoms with Gasteiger partial charge in [-0.25, -0.2) is 9.37 Å². The molecule has 0 spiro atoms. The SMILES string of the molecule is COc1cccc2c1OCC(C(=O)N[C@@H](C)c1sc(-c3ccc(F)cc3)nc1C)=C2. The minimum absolute atomic E-state index is 0.175. The number of aromatic nitrogens is 1. The molecule has 1 amide bonds. The van der Waals surface area contributed by atoms with Gasteiger partial charge in [-0.1, -0.05) is 12.1 Å². The molecule has 0 saturated heterocycles. The molecule has 154 valence electrons. The van der Waals surface area contributed by atoms with Gasteiger partial charge in [0.05, 0.1) is 29.3 Å². The molecule has 0 bridgehead atoms. The number of halogens is 1. The maximum Gasteiger partial charge on any atom is 0.251 e. The van der Waals surface area contributed by atoms with Crippen LogP contribution < -0.4 is 14.8 Å². The molecular weight excluding hydrogens is 403 g/mol. The molecule has 0 aliphatic carbocycles. The predicted molar refractivity (Wildman–Crippen MR) is 115 cm³/mol. The largest absolute Gasteiger partial charge is 0.493 e. The number of ether oxygens (including phenoxy) is 2. The lowest BCUT2D eigenvalue weighted by molar-refractivity contribution is -0.118. The van der Waals surface area contributed by atoms with E-state index >= 15 is 0 Å². The molecule has 1 aromatic heterocycles. The highest BCUT2D eigenvalue weighted by Gasteiger charge is 2.23. The van der Waals surface area contributed by atoms with Crippen LogP contribution in [-0.4, -0.2) is 24.6 Å². The molecule has 1 aliphatic heterocycles. The number of benzene rings is 2. The van der Waals surface area contributed by atoms with Crippen LogP contribution in [0.15, 0.2) is 48.0 Å². The Hall–Kier alpha value is -3.19. The first-order chi connectivity index (χ1) is 14.5. The average Bonchev–Trinajstić information content (AvgIpc) is 3.15. The van der Waals surface area contributed by atoms with Crippen LogP contribution in [0.2, 0.25) is 0 Å². The molecule has 2 heterocycles. The summed E-state index contributed by atoms with van der Waals surface area (Å²) in [6.07, 6.45) is 1.83. The van der Waals surface area contributed by atoms with Gasteiger partial charge in [0.1, 0.15) is 17.4 Å². The van der Waals surface area contributed by atoms with Gasteiger partial charge in [0, 0.05) is 11.1 Å². The number of para-hydroxylation sites is 1. The van der Waals surface area contributed by atoms with Gasteiger partial charge < -0.3 is 14.8 Å². The summed E-state index contributed by atoms with van der Waals surface area (Å²) in [4.78, 5) is 18.4. The van der Waals surface area contributed by atoms with Crippen LogP contribution in [-0.2, 0) is 4.79 Å². The number of fused-ring (bicyclic) bond motifs is 1. The molecule has 4 rings (SSSR count). The zero-order chi connectivity index (χ0) is 21.3. The normalized spacial score (nSPS) is 13.7. The van der Waals surface area contributed by atoms with E-state index in [-0.39, 0.29) is 24.4 Å². The van der Waals surface area contributed by atoms with Crippen LogP contribution in [0.1, 0.15) is 29.1 Å². The van der Waals surface area contributed by atoms with Crippen molar-refractivity contribution in [3.63, 3.8) is 0 Å². The molecule has 30 heavy (non-hydrogen) atoms. The Morgan fingerprint density at radius 2 is 2.03 bits per heavy atom. The molecule has 7 heteroatoms. The summed E-state index contributed by atoms with van der Waals surface area (Å²) in [6, 6.07) is 11.6. The van der Waals surface area contributed by atoms with Crippen molar-refractivity contribution in [3.8, 4) is 22.1 Å². The lowest BCUT2D eigenvalue weighted by atomic mass is 10.1. The van der Waals surface area contributed by atoms with E-state index < -0.39 is 0 Å². The van der Waals surface area contributed by atoms with E-state index in [2.05, 4.69) is 10.3 Å². The Labute approximate surface area is 178 Å². The minimum Gasteiger partial charge on any atom is -0.493 e. The molecule has 0 saturated carbocycles. The van der Waals surface area contributed by atoms with Gasteiger partial charge in [0.25, 0.3) is 5.91 Å². The molecule has 1 N–H and O–H groups in total. The zero-order valence-electron chi connectivity index (χ0n) is 16.9. The second kappa shape index (κ2) is 8.28. The van der Waals surface area contributed by atoms with Crippen LogP contribution in [0.5, 0.6) is 11.5 Å². The van der Waals surface area contributed by atoms with Gasteiger partial charge in [-0.05, 0) is 50.3 Å². The standard InChI is InChI=1S/C23H21FN2O3S/c1-13(21-14(2)26-23(30-21)15-7-9-18(24)10-8-15)25-22(27)17-11-16-5-4-6-19(28-3)20(16)29-12-17/h4-11,13H,12H2,1-3H3,(H,25,27)/t13-/m0/s1. The lowest BCUT2D eigenvalue weighted by Gasteiger charge is -2.21. The number of nitrogens with one attached hydrogen (secondary N) is 1. The van der Waals surface area contributed by atoms with E-state index in [4.69, 9.17) is 9.47 Å². The van der Waals surface area contributed by atoms with Crippen molar-refractivity contribution >= 4 is 23.3 Å². The van der Waals surface area contributed by atoms with Crippen molar-refractivity contribution in [2.24, 2.45) is 0 Å². The zero-order valence-corrected chi connectivity index (χ0v) is 17.7. The third-order valence-corrected chi connectivity index (χ3v) is 6.28. The van der Waals surface area contributed by atoms with Gasteiger partial charge in [0.2, 0.25) is 0 Å². The number of hydrogen-bond acceptors (Lipinski definition) is 5. The van der Waals surface area contributed by atoms with Gasteiger partial charge in [-0.2, -0.15) is 0 Å². The van der Waals surface area contributed by atoms with Crippen molar-refractivity contribution in [2.45, 2.75) is 19.9 Å². The van der Waals surface area contributed by atoms with E-state index in [1.807, 2.05) is 38.1 Å². The number of carbonyl (C=O) groups excluding carboxylic acids is 1. The number of aryl methyl sites for hydroxylation is 1. The summed E-state index contributed by atoms with van der Waals surface area (Å²) in [5, 5.41) is 3.83. The van der Waals surface area contributed by atoms with Crippen molar-refractivity contribution in [1.82, 2.24) is 10.3 Å². The fraction of sp³-hybridized carbons (Fsp3) is 0.217. The van der Waals surface area contributed by atoms with E-state index in [1.54, 1.807) is 19.2 Å². The molecular formula is C23H21FN2O3S. The highest BCUT2D eigenvalue weighted by Crippen LogP contribution is 2.36. The summed E-state index contributed by atoms with van der Waals surface area (Å²) in [5.41, 5.74) is 3.05. The lowest BCUT2D eigenvalue weighted by Crippen LogP contribution is -2.30. The Bertz CT molecular complexity index is 1120. The monoisotopic (exact) mass is 424 g/mol. The van der Waals surface area contributed by atoms with Crippen molar-refractivity contribution < 1.29 is 18.7 Å². The number of carbonyl (C=O) groups is 1. The first-order valence-corrected chi connectivity index (χ1v) is 10.3. The summed E-state index contributed by atoms with van der Waals surface area (Å²) in [6.45, 7) is 4.01. The second-order valence-electron chi connectivity index (χ2n) is 7.01. The number of hydrogen-bond donors (Lipinski definition) is 1. The topological polar surface area (TPSA) is 60.5 Å². The van der Waals surface area contributed by atoms with Crippen molar-refractivity contribution in [2.75, 3.05) is 13.7 Å². The Balaban J connectivity index is 1.51. The smallest absolute Gasteiger partial charge is 0.251 e. The number of thiazole rings is 1. The van der Waals surface area contributed by atoms with E-state index in [9.17, 15) is 9.18 Å². The molecule has 5 nitrogen and oxygen atoms in total. The van der Waals surface area contributed by atoms with Crippen LogP contribution in [0.25, 0.3) is 16.6 Å². The number of amides is 1. The Morgan fingerprint density at radius 1 is 1.27 bits per heavy atom. The minimum atomic E-state index is -0.282.